The maximum atomic E-state index is 14.0. The molecule has 1 unspecified atom stereocenters. The third kappa shape index (κ3) is 4.51. The van der Waals surface area contributed by atoms with Crippen LogP contribution in [0.3, 0.4) is 0 Å². The second kappa shape index (κ2) is 10.3. The van der Waals surface area contributed by atoms with Gasteiger partial charge in [-0.05, 0) is 42.2 Å². The van der Waals surface area contributed by atoms with Crippen LogP contribution in [-0.4, -0.2) is 28.0 Å². The summed E-state index contributed by atoms with van der Waals surface area (Å²) in [6.45, 7) is 4.67. The number of carbonyl (C=O) groups is 1. The first kappa shape index (κ1) is 25.3. The van der Waals surface area contributed by atoms with Crippen molar-refractivity contribution in [3.8, 4) is 5.75 Å². The quantitative estimate of drug-likeness (QED) is 0.345. The molecule has 0 spiro atoms. The summed E-state index contributed by atoms with van der Waals surface area (Å²) in [4.78, 5) is 30.4. The van der Waals surface area contributed by atoms with Gasteiger partial charge in [-0.3, -0.25) is 9.59 Å². The molecule has 0 radical (unpaired) electrons. The van der Waals surface area contributed by atoms with Crippen molar-refractivity contribution in [2.45, 2.75) is 49.1 Å². The minimum absolute atomic E-state index is 0.0174. The summed E-state index contributed by atoms with van der Waals surface area (Å²) in [7, 11) is 0. The fourth-order valence-electron chi connectivity index (χ4n) is 5.76. The van der Waals surface area contributed by atoms with Gasteiger partial charge in [-0.1, -0.05) is 72.8 Å². The molecule has 0 aliphatic carbocycles. The fraction of sp³-hybridized carbons (Fsp3) is 0.250. The van der Waals surface area contributed by atoms with Crippen LogP contribution in [0.2, 0.25) is 0 Å². The zero-order chi connectivity index (χ0) is 27.1. The molecule has 1 amide bonds. The molecule has 2 atom stereocenters. The lowest BCUT2D eigenvalue weighted by Crippen LogP contribution is -2.49. The molecule has 2 aliphatic rings. The SMILES string of the molecule is CC(C)N1C[C@H](C2c3ccccc3CSc3ccccc32)n2cc(N)c(=O)c(OCc3ccccc3)c2C1=O. The number of pyridine rings is 1. The predicted molar refractivity (Wildman–Crippen MR) is 155 cm³/mol. The number of hydrogen-bond acceptors (Lipinski definition) is 5. The number of ether oxygens (including phenoxy) is 1. The van der Waals surface area contributed by atoms with Gasteiger partial charge in [-0.15, -0.1) is 11.8 Å². The molecule has 0 bridgehead atoms. The lowest BCUT2D eigenvalue weighted by Gasteiger charge is -2.42. The smallest absolute Gasteiger partial charge is 0.274 e. The summed E-state index contributed by atoms with van der Waals surface area (Å²) in [5.74, 6) is 0.618. The Balaban J connectivity index is 1.57. The van der Waals surface area contributed by atoms with Crippen molar-refractivity contribution in [1.82, 2.24) is 9.47 Å². The highest BCUT2D eigenvalue weighted by molar-refractivity contribution is 7.98. The third-order valence-electron chi connectivity index (χ3n) is 7.69. The van der Waals surface area contributed by atoms with Crippen molar-refractivity contribution in [2.75, 3.05) is 12.3 Å². The Morgan fingerprint density at radius 3 is 2.41 bits per heavy atom. The van der Waals surface area contributed by atoms with E-state index in [1.54, 1.807) is 6.20 Å². The van der Waals surface area contributed by atoms with Gasteiger partial charge in [0.15, 0.2) is 11.4 Å². The molecule has 2 N–H and O–H groups in total. The van der Waals surface area contributed by atoms with Crippen LogP contribution in [0.15, 0.2) is 94.7 Å². The average molecular weight is 538 g/mol. The first-order valence-corrected chi connectivity index (χ1v) is 14.2. The van der Waals surface area contributed by atoms with Crippen LogP contribution in [0.25, 0.3) is 0 Å². The molecule has 0 fully saturated rings. The maximum absolute atomic E-state index is 14.0. The molecule has 4 aromatic rings. The van der Waals surface area contributed by atoms with E-state index in [9.17, 15) is 9.59 Å². The van der Waals surface area contributed by atoms with E-state index in [1.807, 2.05) is 65.4 Å². The molecule has 39 heavy (non-hydrogen) atoms. The molecule has 6 nitrogen and oxygen atoms in total. The summed E-state index contributed by atoms with van der Waals surface area (Å²) in [5.41, 5.74) is 10.8. The summed E-state index contributed by atoms with van der Waals surface area (Å²) >= 11 is 1.83. The van der Waals surface area contributed by atoms with E-state index in [1.165, 1.54) is 21.6 Å². The van der Waals surface area contributed by atoms with Crippen LogP contribution in [0.4, 0.5) is 5.69 Å². The number of thioether (sulfide) groups is 1. The first-order valence-electron chi connectivity index (χ1n) is 13.3. The van der Waals surface area contributed by atoms with Gasteiger partial charge < -0.3 is 19.9 Å². The topological polar surface area (TPSA) is 77.6 Å². The van der Waals surface area contributed by atoms with Crippen LogP contribution in [0.5, 0.6) is 5.75 Å². The van der Waals surface area contributed by atoms with Crippen molar-refractivity contribution < 1.29 is 9.53 Å². The summed E-state index contributed by atoms with van der Waals surface area (Å²) in [5, 5.41) is 0. The van der Waals surface area contributed by atoms with E-state index in [2.05, 4.69) is 48.5 Å². The Labute approximate surface area is 232 Å². The van der Waals surface area contributed by atoms with Gasteiger partial charge in [0.25, 0.3) is 5.91 Å². The number of carbonyl (C=O) groups excluding carboxylic acids is 1. The highest BCUT2D eigenvalue weighted by atomic mass is 32.2. The molecule has 198 valence electrons. The number of anilines is 1. The van der Waals surface area contributed by atoms with Gasteiger partial charge in [-0.25, -0.2) is 0 Å². The Hall–Kier alpha value is -3.97. The first-order chi connectivity index (χ1) is 18.9. The van der Waals surface area contributed by atoms with Crippen molar-refractivity contribution in [3.63, 3.8) is 0 Å². The van der Waals surface area contributed by atoms with Gasteiger partial charge in [0.1, 0.15) is 12.3 Å². The number of hydrogen-bond donors (Lipinski definition) is 1. The molecular formula is C32H31N3O3S. The van der Waals surface area contributed by atoms with Crippen molar-refractivity contribution >= 4 is 23.4 Å². The molecule has 6 rings (SSSR count). The Morgan fingerprint density at radius 2 is 1.64 bits per heavy atom. The van der Waals surface area contributed by atoms with E-state index in [4.69, 9.17) is 10.5 Å². The minimum atomic E-state index is -0.452. The van der Waals surface area contributed by atoms with E-state index in [0.29, 0.717) is 6.54 Å². The Kier molecular flexibility index (Phi) is 6.69. The van der Waals surface area contributed by atoms with Crippen LogP contribution in [-0.2, 0) is 12.4 Å². The van der Waals surface area contributed by atoms with E-state index in [0.717, 1.165) is 11.3 Å². The highest BCUT2D eigenvalue weighted by Gasteiger charge is 2.42. The van der Waals surface area contributed by atoms with Crippen molar-refractivity contribution in [1.29, 1.82) is 0 Å². The summed E-state index contributed by atoms with van der Waals surface area (Å²) < 4.78 is 8.06. The lowest BCUT2D eigenvalue weighted by molar-refractivity contribution is 0.0584. The second-order valence-electron chi connectivity index (χ2n) is 10.4. The van der Waals surface area contributed by atoms with Crippen LogP contribution >= 0.6 is 11.8 Å². The summed E-state index contributed by atoms with van der Waals surface area (Å²) in [6, 6.07) is 26.4. The Bertz CT molecular complexity index is 1550. The second-order valence-corrected chi connectivity index (χ2v) is 11.4. The van der Waals surface area contributed by atoms with Gasteiger partial charge in [-0.2, -0.15) is 0 Å². The summed E-state index contributed by atoms with van der Waals surface area (Å²) in [6.07, 6.45) is 1.65. The number of benzene rings is 3. The minimum Gasteiger partial charge on any atom is -0.482 e. The highest BCUT2D eigenvalue weighted by Crippen LogP contribution is 2.47. The van der Waals surface area contributed by atoms with Crippen LogP contribution < -0.4 is 15.9 Å². The van der Waals surface area contributed by atoms with E-state index >= 15 is 0 Å². The van der Waals surface area contributed by atoms with E-state index in [-0.39, 0.29) is 47.6 Å². The van der Waals surface area contributed by atoms with Gasteiger partial charge in [0, 0.05) is 35.3 Å². The van der Waals surface area contributed by atoms with Gasteiger partial charge >= 0.3 is 0 Å². The molecule has 2 aliphatic heterocycles. The lowest BCUT2D eigenvalue weighted by atomic mass is 9.81. The van der Waals surface area contributed by atoms with Crippen LogP contribution in [0, 0.1) is 0 Å². The normalized spacial score (nSPS) is 18.2. The molecule has 7 heteroatoms. The van der Waals surface area contributed by atoms with Gasteiger partial charge in [0.05, 0.1) is 6.04 Å². The average Bonchev–Trinajstić information content (AvgIpc) is 3.11. The maximum Gasteiger partial charge on any atom is 0.274 e. The molecule has 0 saturated heterocycles. The standard InChI is InChI=1S/C32H31N3O3S/c1-20(2)34-17-26(28-23-13-7-6-12-22(23)19-39-27-15-9-8-14-24(27)28)35-16-25(33)30(36)31(29(35)32(34)37)38-18-21-10-4-3-5-11-21/h3-16,20,26,28H,17-19,33H2,1-2H3/t26-,28?/m1/s1. The zero-order valence-corrected chi connectivity index (χ0v) is 22.9. The predicted octanol–water partition coefficient (Wildman–Crippen LogP) is 5.85. The number of nitrogens with two attached hydrogens (primary N) is 1. The number of nitrogens with zero attached hydrogens (tertiary/aromatic N) is 2. The number of nitrogen functional groups attached to an aromatic ring is 1. The largest absolute Gasteiger partial charge is 0.482 e. The van der Waals surface area contributed by atoms with Crippen LogP contribution in [0.1, 0.15) is 58.5 Å². The molecule has 1 aromatic heterocycles. The Morgan fingerprint density at radius 1 is 0.949 bits per heavy atom. The van der Waals surface area contributed by atoms with Crippen molar-refractivity contribution in [3.05, 3.63) is 123 Å². The monoisotopic (exact) mass is 537 g/mol. The fourth-order valence-corrected chi connectivity index (χ4v) is 6.87. The number of aromatic nitrogens is 1. The van der Waals surface area contributed by atoms with Gasteiger partial charge in [0.2, 0.25) is 5.43 Å². The molecule has 0 saturated carbocycles. The number of amides is 1. The zero-order valence-electron chi connectivity index (χ0n) is 22.0. The van der Waals surface area contributed by atoms with E-state index < -0.39 is 5.43 Å². The third-order valence-corrected chi connectivity index (χ3v) is 8.82. The number of rotatable bonds is 5. The van der Waals surface area contributed by atoms with Crippen molar-refractivity contribution in [2.24, 2.45) is 0 Å². The molecule has 3 aromatic carbocycles. The molecular weight excluding hydrogens is 506 g/mol. The molecule has 3 heterocycles. The number of fused-ring (bicyclic) bond motifs is 3.